The summed E-state index contributed by atoms with van der Waals surface area (Å²) in [7, 11) is 1.45. The maximum atomic E-state index is 10.9. The zero-order valence-electron chi connectivity index (χ0n) is 8.27. The number of benzene rings is 1. The lowest BCUT2D eigenvalue weighted by Gasteiger charge is -2.09. The van der Waals surface area contributed by atoms with Crippen molar-refractivity contribution >= 4 is 5.97 Å². The summed E-state index contributed by atoms with van der Waals surface area (Å²) in [6.45, 7) is -0.0995. The Morgan fingerprint density at radius 3 is 2.73 bits per heavy atom. The van der Waals surface area contributed by atoms with Gasteiger partial charge in [-0.2, -0.15) is 0 Å². The number of aromatic carboxylic acids is 1. The van der Waals surface area contributed by atoms with Crippen LogP contribution in [-0.4, -0.2) is 36.5 Å². The van der Waals surface area contributed by atoms with Gasteiger partial charge in [0.2, 0.25) is 0 Å². The first-order valence-electron chi connectivity index (χ1n) is 4.34. The molecule has 1 aromatic rings. The summed E-state index contributed by atoms with van der Waals surface area (Å²) in [5.74, 6) is -0.428. The van der Waals surface area contributed by atoms with Crippen molar-refractivity contribution in [1.82, 2.24) is 0 Å². The molecule has 0 unspecified atom stereocenters. The van der Waals surface area contributed by atoms with Crippen molar-refractivity contribution < 1.29 is 24.5 Å². The standard InChI is InChI=1S/C10H12O5/c1-14-7-2-3-9(15-5-4-11)8(6-7)10(12)13/h2-3,6,11H,4-5H2,1H3,(H,12,13). The number of carboxylic acids is 1. The summed E-state index contributed by atoms with van der Waals surface area (Å²) in [4.78, 5) is 10.9. The largest absolute Gasteiger partial charge is 0.497 e. The molecule has 0 radical (unpaired) electrons. The lowest BCUT2D eigenvalue weighted by molar-refractivity contribution is 0.0690. The molecule has 0 aliphatic carbocycles. The smallest absolute Gasteiger partial charge is 0.339 e. The second kappa shape index (κ2) is 5.21. The van der Waals surface area contributed by atoms with Crippen LogP contribution in [0, 0.1) is 0 Å². The molecule has 0 amide bonds. The summed E-state index contributed by atoms with van der Waals surface area (Å²) < 4.78 is 9.96. The van der Waals surface area contributed by atoms with Crippen molar-refractivity contribution in [3.05, 3.63) is 23.8 Å². The summed E-state index contributed by atoms with van der Waals surface area (Å²) in [6.07, 6.45) is 0. The van der Waals surface area contributed by atoms with E-state index in [1.807, 2.05) is 0 Å². The molecule has 2 N–H and O–H groups in total. The number of aliphatic hydroxyl groups is 1. The van der Waals surface area contributed by atoms with Crippen LogP contribution in [-0.2, 0) is 0 Å². The highest BCUT2D eigenvalue weighted by Gasteiger charge is 2.12. The summed E-state index contributed by atoms with van der Waals surface area (Å²) in [5, 5.41) is 17.4. The highest BCUT2D eigenvalue weighted by atomic mass is 16.5. The normalized spacial score (nSPS) is 9.73. The molecule has 15 heavy (non-hydrogen) atoms. The maximum absolute atomic E-state index is 10.9. The lowest BCUT2D eigenvalue weighted by Crippen LogP contribution is -2.07. The van der Waals surface area contributed by atoms with E-state index in [2.05, 4.69) is 0 Å². The van der Waals surface area contributed by atoms with Gasteiger partial charge in [0.15, 0.2) is 0 Å². The van der Waals surface area contributed by atoms with Gasteiger partial charge in [-0.3, -0.25) is 0 Å². The topological polar surface area (TPSA) is 76.0 Å². The zero-order chi connectivity index (χ0) is 11.3. The Bertz CT molecular complexity index is 348. The van der Waals surface area contributed by atoms with Crippen LogP contribution in [0.25, 0.3) is 0 Å². The van der Waals surface area contributed by atoms with E-state index in [0.29, 0.717) is 5.75 Å². The molecule has 0 saturated heterocycles. The highest BCUT2D eigenvalue weighted by molar-refractivity contribution is 5.91. The number of rotatable bonds is 5. The summed E-state index contributed by atoms with van der Waals surface area (Å²) in [6, 6.07) is 4.46. The average Bonchev–Trinajstić information content (AvgIpc) is 2.26. The van der Waals surface area contributed by atoms with Crippen molar-refractivity contribution in [3.8, 4) is 11.5 Å². The Labute approximate surface area is 86.9 Å². The van der Waals surface area contributed by atoms with Crippen molar-refractivity contribution in [1.29, 1.82) is 0 Å². The van der Waals surface area contributed by atoms with Crippen molar-refractivity contribution in [2.45, 2.75) is 0 Å². The van der Waals surface area contributed by atoms with Gasteiger partial charge in [-0.15, -0.1) is 0 Å². The van der Waals surface area contributed by atoms with Gasteiger partial charge in [0.1, 0.15) is 23.7 Å². The monoisotopic (exact) mass is 212 g/mol. The fourth-order valence-corrected chi connectivity index (χ4v) is 1.08. The first kappa shape index (κ1) is 11.3. The molecule has 0 fully saturated rings. The third-order valence-electron chi connectivity index (χ3n) is 1.77. The minimum absolute atomic E-state index is 0.0165. The summed E-state index contributed by atoms with van der Waals surface area (Å²) in [5.41, 5.74) is 0.0165. The van der Waals surface area contributed by atoms with Crippen molar-refractivity contribution in [3.63, 3.8) is 0 Å². The van der Waals surface area contributed by atoms with Crippen molar-refractivity contribution in [2.75, 3.05) is 20.3 Å². The van der Waals surface area contributed by atoms with Crippen molar-refractivity contribution in [2.24, 2.45) is 0 Å². The van der Waals surface area contributed by atoms with Crippen LogP contribution in [0.15, 0.2) is 18.2 Å². The van der Waals surface area contributed by atoms with Gasteiger partial charge in [-0.1, -0.05) is 0 Å². The third-order valence-corrected chi connectivity index (χ3v) is 1.77. The molecule has 1 rings (SSSR count). The number of carbonyl (C=O) groups is 1. The molecule has 5 nitrogen and oxygen atoms in total. The predicted octanol–water partition coefficient (Wildman–Crippen LogP) is 0.765. The first-order chi connectivity index (χ1) is 7.19. The molecular weight excluding hydrogens is 200 g/mol. The second-order valence-electron chi connectivity index (χ2n) is 2.74. The number of carboxylic acid groups (broad SMARTS) is 1. The molecule has 0 heterocycles. The van der Waals surface area contributed by atoms with E-state index in [1.165, 1.54) is 19.2 Å². The molecule has 0 aliphatic rings. The number of hydrogen-bond donors (Lipinski definition) is 2. The van der Waals surface area contributed by atoms with Crippen LogP contribution >= 0.6 is 0 Å². The van der Waals surface area contributed by atoms with Crippen LogP contribution in [0.2, 0.25) is 0 Å². The van der Waals surface area contributed by atoms with Gasteiger partial charge in [-0.25, -0.2) is 4.79 Å². The van der Waals surface area contributed by atoms with Gasteiger partial charge < -0.3 is 19.7 Å². The van der Waals surface area contributed by atoms with E-state index in [0.717, 1.165) is 0 Å². The average molecular weight is 212 g/mol. The Morgan fingerprint density at radius 1 is 1.47 bits per heavy atom. The fourth-order valence-electron chi connectivity index (χ4n) is 1.08. The summed E-state index contributed by atoms with van der Waals surface area (Å²) >= 11 is 0. The Balaban J connectivity index is 2.98. The minimum atomic E-state index is -1.10. The van der Waals surface area contributed by atoms with Gasteiger partial charge in [0, 0.05) is 0 Å². The van der Waals surface area contributed by atoms with Crippen LogP contribution in [0.1, 0.15) is 10.4 Å². The van der Waals surface area contributed by atoms with E-state index < -0.39 is 5.97 Å². The number of methoxy groups -OCH3 is 1. The SMILES string of the molecule is COc1ccc(OCCO)c(C(=O)O)c1. The van der Waals surface area contributed by atoms with E-state index in [9.17, 15) is 4.79 Å². The molecule has 5 heteroatoms. The van der Waals surface area contributed by atoms with Gasteiger partial charge in [0.25, 0.3) is 0 Å². The molecular formula is C10H12O5. The van der Waals surface area contributed by atoms with E-state index in [-0.39, 0.29) is 24.5 Å². The molecule has 0 saturated carbocycles. The molecule has 0 atom stereocenters. The molecule has 0 spiro atoms. The quantitative estimate of drug-likeness (QED) is 0.753. The van der Waals surface area contributed by atoms with Crippen LogP contribution < -0.4 is 9.47 Å². The molecule has 0 bridgehead atoms. The number of aliphatic hydroxyl groups excluding tert-OH is 1. The predicted molar refractivity (Wildman–Crippen MR) is 52.5 cm³/mol. The molecule has 0 aromatic heterocycles. The molecule has 0 aliphatic heterocycles. The van der Waals surface area contributed by atoms with Crippen LogP contribution in [0.4, 0.5) is 0 Å². The lowest BCUT2D eigenvalue weighted by atomic mass is 10.2. The van der Waals surface area contributed by atoms with Gasteiger partial charge in [0.05, 0.1) is 13.7 Å². The van der Waals surface area contributed by atoms with Gasteiger partial charge >= 0.3 is 5.97 Å². The molecule has 82 valence electrons. The Kier molecular flexibility index (Phi) is 3.93. The fraction of sp³-hybridized carbons (Fsp3) is 0.300. The molecule has 1 aromatic carbocycles. The van der Waals surface area contributed by atoms with Crippen LogP contribution in [0.5, 0.6) is 11.5 Å². The Morgan fingerprint density at radius 2 is 2.20 bits per heavy atom. The highest BCUT2D eigenvalue weighted by Crippen LogP contribution is 2.24. The number of hydrogen-bond acceptors (Lipinski definition) is 4. The third kappa shape index (κ3) is 2.85. The van der Waals surface area contributed by atoms with E-state index in [4.69, 9.17) is 19.7 Å². The zero-order valence-corrected chi connectivity index (χ0v) is 8.27. The minimum Gasteiger partial charge on any atom is -0.497 e. The van der Waals surface area contributed by atoms with Gasteiger partial charge in [-0.05, 0) is 18.2 Å². The van der Waals surface area contributed by atoms with Crippen LogP contribution in [0.3, 0.4) is 0 Å². The first-order valence-corrected chi connectivity index (χ1v) is 4.34. The van der Waals surface area contributed by atoms with E-state index in [1.54, 1.807) is 6.07 Å². The Hall–Kier alpha value is -1.75. The maximum Gasteiger partial charge on any atom is 0.339 e. The number of ether oxygens (including phenoxy) is 2. The van der Waals surface area contributed by atoms with E-state index >= 15 is 0 Å². The second-order valence-corrected chi connectivity index (χ2v) is 2.74.